The Bertz CT molecular complexity index is 584. The van der Waals surface area contributed by atoms with Crippen LogP contribution in [0.15, 0.2) is 18.2 Å². The number of benzene rings is 1. The SMILES string of the molecule is COC(=O)[C@@H](NC(=O)c1ccc(F)cc1F)[C@@H](C)CC#N. The molecule has 0 saturated heterocycles. The molecule has 0 unspecified atom stereocenters. The van der Waals surface area contributed by atoms with Gasteiger partial charge in [0.05, 0.1) is 18.7 Å². The van der Waals surface area contributed by atoms with Crippen molar-refractivity contribution in [3.05, 3.63) is 35.4 Å². The summed E-state index contributed by atoms with van der Waals surface area (Å²) in [7, 11) is 1.14. The Morgan fingerprint density at radius 2 is 2.10 bits per heavy atom. The normalized spacial score (nSPS) is 12.9. The molecule has 1 aromatic carbocycles. The molecular weight excluding hydrogens is 282 g/mol. The Morgan fingerprint density at radius 3 is 2.62 bits per heavy atom. The molecule has 1 N–H and O–H groups in total. The minimum absolute atomic E-state index is 0.00590. The fraction of sp³-hybridized carbons (Fsp3) is 0.357. The number of hydrogen-bond donors (Lipinski definition) is 1. The minimum Gasteiger partial charge on any atom is -0.467 e. The monoisotopic (exact) mass is 296 g/mol. The fourth-order valence-electron chi connectivity index (χ4n) is 1.71. The first-order valence-electron chi connectivity index (χ1n) is 6.11. The van der Waals surface area contributed by atoms with Crippen LogP contribution >= 0.6 is 0 Å². The van der Waals surface area contributed by atoms with Crippen LogP contribution in [-0.2, 0) is 9.53 Å². The van der Waals surface area contributed by atoms with Crippen molar-refractivity contribution in [2.75, 3.05) is 7.11 Å². The highest BCUT2D eigenvalue weighted by Gasteiger charge is 2.28. The highest BCUT2D eigenvalue weighted by molar-refractivity contribution is 5.97. The molecule has 0 spiro atoms. The van der Waals surface area contributed by atoms with Gasteiger partial charge in [-0.3, -0.25) is 4.79 Å². The first-order chi connectivity index (χ1) is 9.90. The van der Waals surface area contributed by atoms with E-state index >= 15 is 0 Å². The van der Waals surface area contributed by atoms with E-state index in [9.17, 15) is 18.4 Å². The number of amides is 1. The summed E-state index contributed by atoms with van der Waals surface area (Å²) in [5.74, 6) is -3.99. The third-order valence-corrected chi connectivity index (χ3v) is 2.90. The average Bonchev–Trinajstić information content (AvgIpc) is 2.43. The van der Waals surface area contributed by atoms with Gasteiger partial charge in [0.25, 0.3) is 5.91 Å². The smallest absolute Gasteiger partial charge is 0.328 e. The number of nitriles is 1. The van der Waals surface area contributed by atoms with Crippen molar-refractivity contribution in [1.29, 1.82) is 5.26 Å². The van der Waals surface area contributed by atoms with Gasteiger partial charge in [0.15, 0.2) is 0 Å². The number of esters is 1. The summed E-state index contributed by atoms with van der Waals surface area (Å²) >= 11 is 0. The van der Waals surface area contributed by atoms with E-state index in [1.807, 2.05) is 6.07 Å². The van der Waals surface area contributed by atoms with Crippen LogP contribution in [0.25, 0.3) is 0 Å². The van der Waals surface area contributed by atoms with E-state index in [-0.39, 0.29) is 6.42 Å². The molecule has 0 aliphatic heterocycles. The number of ether oxygens (including phenoxy) is 1. The summed E-state index contributed by atoms with van der Waals surface area (Å²) in [6, 6.07) is 3.26. The molecule has 0 aliphatic rings. The van der Waals surface area contributed by atoms with Gasteiger partial charge in [0.2, 0.25) is 0 Å². The molecule has 0 bridgehead atoms. The number of methoxy groups -OCH3 is 1. The second kappa shape index (κ2) is 7.33. The van der Waals surface area contributed by atoms with Crippen LogP contribution in [0, 0.1) is 28.9 Å². The molecule has 1 rings (SSSR count). The summed E-state index contributed by atoms with van der Waals surface area (Å²) in [6.07, 6.45) is 0.00590. The lowest BCUT2D eigenvalue weighted by Gasteiger charge is -2.21. The maximum Gasteiger partial charge on any atom is 0.328 e. The van der Waals surface area contributed by atoms with Crippen molar-refractivity contribution in [2.45, 2.75) is 19.4 Å². The second-order valence-corrected chi connectivity index (χ2v) is 4.44. The van der Waals surface area contributed by atoms with Crippen molar-refractivity contribution in [2.24, 2.45) is 5.92 Å². The zero-order valence-electron chi connectivity index (χ0n) is 11.5. The third kappa shape index (κ3) is 4.24. The van der Waals surface area contributed by atoms with Crippen molar-refractivity contribution in [1.82, 2.24) is 5.32 Å². The molecule has 0 fully saturated rings. The summed E-state index contributed by atoms with van der Waals surface area (Å²) in [5.41, 5.74) is -0.394. The molecule has 1 amide bonds. The standard InChI is InChI=1S/C14H14F2N2O3/c1-8(5-6-17)12(14(20)21-2)18-13(19)10-4-3-9(15)7-11(10)16/h3-4,7-8,12H,5H2,1-2H3,(H,18,19)/t8-,12-/m0/s1. The number of rotatable bonds is 5. The van der Waals surface area contributed by atoms with Gasteiger partial charge in [0, 0.05) is 18.4 Å². The van der Waals surface area contributed by atoms with Crippen LogP contribution in [0.5, 0.6) is 0 Å². The van der Waals surface area contributed by atoms with Gasteiger partial charge in [0.1, 0.15) is 17.7 Å². The number of carbonyl (C=O) groups excluding carboxylic acids is 2. The summed E-state index contributed by atoms with van der Waals surface area (Å²) in [5, 5.41) is 11.0. The summed E-state index contributed by atoms with van der Waals surface area (Å²) in [6.45, 7) is 1.58. The number of carbonyl (C=O) groups is 2. The van der Waals surface area contributed by atoms with Gasteiger partial charge in [-0.05, 0) is 12.1 Å². The van der Waals surface area contributed by atoms with Crippen LogP contribution < -0.4 is 5.32 Å². The Kier molecular flexibility index (Phi) is 5.79. The van der Waals surface area contributed by atoms with E-state index in [1.54, 1.807) is 6.92 Å². The summed E-state index contributed by atoms with van der Waals surface area (Å²) < 4.78 is 30.9. The molecule has 0 aliphatic carbocycles. The highest BCUT2D eigenvalue weighted by Crippen LogP contribution is 2.13. The van der Waals surface area contributed by atoms with Crippen LogP contribution in [0.2, 0.25) is 0 Å². The van der Waals surface area contributed by atoms with E-state index in [0.717, 1.165) is 19.2 Å². The van der Waals surface area contributed by atoms with Crippen molar-refractivity contribution in [3.63, 3.8) is 0 Å². The molecule has 0 radical (unpaired) electrons. The van der Waals surface area contributed by atoms with Gasteiger partial charge in [-0.1, -0.05) is 6.92 Å². The lowest BCUT2D eigenvalue weighted by Crippen LogP contribution is -2.46. The lowest BCUT2D eigenvalue weighted by molar-refractivity contribution is -0.144. The predicted octanol–water partition coefficient (Wildman–Crippen LogP) is 1.79. The van der Waals surface area contributed by atoms with E-state index in [4.69, 9.17) is 5.26 Å². The zero-order chi connectivity index (χ0) is 16.0. The number of halogens is 2. The van der Waals surface area contributed by atoms with Crippen molar-refractivity contribution in [3.8, 4) is 6.07 Å². The second-order valence-electron chi connectivity index (χ2n) is 4.44. The highest BCUT2D eigenvalue weighted by atomic mass is 19.1. The molecule has 0 saturated carbocycles. The van der Waals surface area contributed by atoms with Gasteiger partial charge in [-0.25, -0.2) is 13.6 Å². The lowest BCUT2D eigenvalue weighted by atomic mass is 9.98. The molecular formula is C14H14F2N2O3. The van der Waals surface area contributed by atoms with Crippen molar-refractivity contribution < 1.29 is 23.1 Å². The Hall–Kier alpha value is -2.49. The quantitative estimate of drug-likeness (QED) is 0.840. The zero-order valence-corrected chi connectivity index (χ0v) is 11.5. The van der Waals surface area contributed by atoms with Gasteiger partial charge in [-0.2, -0.15) is 5.26 Å². The van der Waals surface area contributed by atoms with E-state index in [2.05, 4.69) is 10.1 Å². The Morgan fingerprint density at radius 1 is 1.43 bits per heavy atom. The number of nitrogens with one attached hydrogen (secondary N) is 1. The molecule has 112 valence electrons. The first kappa shape index (κ1) is 16.6. The molecule has 2 atom stereocenters. The molecule has 1 aromatic rings. The van der Waals surface area contributed by atoms with Crippen LogP contribution in [0.3, 0.4) is 0 Å². The largest absolute Gasteiger partial charge is 0.467 e. The third-order valence-electron chi connectivity index (χ3n) is 2.90. The average molecular weight is 296 g/mol. The van der Waals surface area contributed by atoms with Gasteiger partial charge >= 0.3 is 5.97 Å². The minimum atomic E-state index is -1.09. The summed E-state index contributed by atoms with van der Waals surface area (Å²) in [4.78, 5) is 23.6. The first-order valence-corrected chi connectivity index (χ1v) is 6.11. The fourth-order valence-corrected chi connectivity index (χ4v) is 1.71. The van der Waals surface area contributed by atoms with E-state index in [1.165, 1.54) is 0 Å². The predicted molar refractivity (Wildman–Crippen MR) is 69.0 cm³/mol. The van der Waals surface area contributed by atoms with Crippen LogP contribution in [-0.4, -0.2) is 25.0 Å². The van der Waals surface area contributed by atoms with Crippen molar-refractivity contribution >= 4 is 11.9 Å². The van der Waals surface area contributed by atoms with Crippen LogP contribution in [0.1, 0.15) is 23.7 Å². The van der Waals surface area contributed by atoms with Gasteiger partial charge in [-0.15, -0.1) is 0 Å². The molecule has 0 aromatic heterocycles. The topological polar surface area (TPSA) is 79.2 Å². The number of hydrogen-bond acceptors (Lipinski definition) is 4. The maximum absolute atomic E-state index is 13.5. The van der Waals surface area contributed by atoms with E-state index in [0.29, 0.717) is 6.07 Å². The molecule has 5 nitrogen and oxygen atoms in total. The van der Waals surface area contributed by atoms with Gasteiger partial charge < -0.3 is 10.1 Å². The molecule has 21 heavy (non-hydrogen) atoms. The van der Waals surface area contributed by atoms with Crippen LogP contribution in [0.4, 0.5) is 8.78 Å². The Labute approximate surface area is 120 Å². The molecule has 0 heterocycles. The maximum atomic E-state index is 13.5. The molecule has 7 heteroatoms. The Balaban J connectivity index is 2.95. The number of nitrogens with zero attached hydrogens (tertiary/aromatic N) is 1. The van der Waals surface area contributed by atoms with E-state index < -0.39 is 41.0 Å².